The van der Waals surface area contributed by atoms with Crippen LogP contribution >= 0.6 is 0 Å². The van der Waals surface area contributed by atoms with Gasteiger partial charge in [0.1, 0.15) is 0 Å². The molecule has 0 unspecified atom stereocenters. The van der Waals surface area contributed by atoms with E-state index in [1.54, 1.807) is 4.68 Å². The minimum atomic E-state index is 0.701. The molecule has 0 spiro atoms. The molecule has 0 radical (unpaired) electrons. The molecule has 1 heterocycles. The van der Waals surface area contributed by atoms with Crippen molar-refractivity contribution in [2.24, 2.45) is 0 Å². The summed E-state index contributed by atoms with van der Waals surface area (Å²) in [5.41, 5.74) is 7.21. The second-order valence-electron chi connectivity index (χ2n) is 2.73. The molecule has 0 aliphatic heterocycles. The molecule has 0 saturated carbocycles. The van der Waals surface area contributed by atoms with Gasteiger partial charge in [-0.3, -0.25) is 0 Å². The summed E-state index contributed by atoms with van der Waals surface area (Å²) in [7, 11) is 0. The molecule has 1 aromatic heterocycles. The van der Waals surface area contributed by atoms with E-state index in [4.69, 9.17) is 5.73 Å². The Kier molecular flexibility index (Phi) is 1.70. The van der Waals surface area contributed by atoms with E-state index in [1.165, 1.54) is 0 Å². The highest BCUT2D eigenvalue weighted by molar-refractivity contribution is 5.47. The fourth-order valence-corrected chi connectivity index (χ4v) is 1.13. The summed E-state index contributed by atoms with van der Waals surface area (Å²) in [6.07, 6.45) is 0. The number of aryl methyl sites for hydroxylation is 1. The van der Waals surface area contributed by atoms with Gasteiger partial charge >= 0.3 is 0 Å². The Morgan fingerprint density at radius 3 is 2.85 bits per heavy atom. The standard InChI is InChI=1S/C8H9N5/c1-6-10-11-12-13(6)8-4-2-3-7(9)5-8/h2-5H,9H2,1H3. The number of tetrazole rings is 1. The molecule has 2 rings (SSSR count). The topological polar surface area (TPSA) is 69.6 Å². The average molecular weight is 175 g/mol. The molecule has 2 aromatic rings. The monoisotopic (exact) mass is 175 g/mol. The highest BCUT2D eigenvalue weighted by Crippen LogP contribution is 2.10. The van der Waals surface area contributed by atoms with E-state index in [9.17, 15) is 0 Å². The molecule has 0 amide bonds. The van der Waals surface area contributed by atoms with Crippen LogP contribution in [0.2, 0.25) is 0 Å². The molecule has 5 nitrogen and oxygen atoms in total. The van der Waals surface area contributed by atoms with E-state index < -0.39 is 0 Å². The summed E-state index contributed by atoms with van der Waals surface area (Å²) in [5.74, 6) is 0.741. The van der Waals surface area contributed by atoms with Crippen LogP contribution < -0.4 is 5.73 Å². The van der Waals surface area contributed by atoms with Crippen LogP contribution in [0.15, 0.2) is 24.3 Å². The van der Waals surface area contributed by atoms with Gasteiger partial charge in [-0.15, -0.1) is 5.10 Å². The Labute approximate surface area is 75.2 Å². The lowest BCUT2D eigenvalue weighted by Crippen LogP contribution is -1.99. The van der Waals surface area contributed by atoms with Gasteiger partial charge in [0, 0.05) is 5.69 Å². The third-order valence-electron chi connectivity index (χ3n) is 1.74. The highest BCUT2D eigenvalue weighted by atomic mass is 15.5. The summed E-state index contributed by atoms with van der Waals surface area (Å²) in [5, 5.41) is 11.2. The first-order valence-corrected chi connectivity index (χ1v) is 3.88. The molecule has 2 N–H and O–H groups in total. The third kappa shape index (κ3) is 1.35. The predicted octanol–water partition coefficient (Wildman–Crippen LogP) is 0.553. The Hall–Kier alpha value is -1.91. The first kappa shape index (κ1) is 7.72. The van der Waals surface area contributed by atoms with Crippen molar-refractivity contribution < 1.29 is 0 Å². The number of rotatable bonds is 1. The molecule has 0 saturated heterocycles. The van der Waals surface area contributed by atoms with Crippen LogP contribution in [-0.4, -0.2) is 20.2 Å². The Morgan fingerprint density at radius 2 is 2.23 bits per heavy atom. The largest absolute Gasteiger partial charge is 0.399 e. The quantitative estimate of drug-likeness (QED) is 0.642. The molecule has 1 aromatic carbocycles. The van der Waals surface area contributed by atoms with E-state index in [-0.39, 0.29) is 0 Å². The van der Waals surface area contributed by atoms with Crippen molar-refractivity contribution in [3.05, 3.63) is 30.1 Å². The zero-order valence-electron chi connectivity index (χ0n) is 7.18. The molecule has 0 bridgehead atoms. The van der Waals surface area contributed by atoms with Gasteiger partial charge in [-0.1, -0.05) is 6.07 Å². The first-order chi connectivity index (χ1) is 6.27. The fourth-order valence-electron chi connectivity index (χ4n) is 1.13. The van der Waals surface area contributed by atoms with Crippen molar-refractivity contribution in [3.63, 3.8) is 0 Å². The van der Waals surface area contributed by atoms with Crippen LogP contribution in [0.4, 0.5) is 5.69 Å². The van der Waals surface area contributed by atoms with Gasteiger partial charge in [0.15, 0.2) is 5.82 Å². The van der Waals surface area contributed by atoms with Gasteiger partial charge in [0.05, 0.1) is 5.69 Å². The van der Waals surface area contributed by atoms with Crippen LogP contribution in [0.1, 0.15) is 5.82 Å². The van der Waals surface area contributed by atoms with E-state index >= 15 is 0 Å². The molecular weight excluding hydrogens is 166 g/mol. The van der Waals surface area contributed by atoms with E-state index in [2.05, 4.69) is 15.5 Å². The minimum absolute atomic E-state index is 0.701. The maximum Gasteiger partial charge on any atom is 0.153 e. The van der Waals surface area contributed by atoms with E-state index in [0.29, 0.717) is 5.69 Å². The molecule has 0 atom stereocenters. The number of aromatic nitrogens is 4. The number of nitrogens with zero attached hydrogens (tertiary/aromatic N) is 4. The van der Waals surface area contributed by atoms with E-state index in [1.807, 2.05) is 31.2 Å². The molecule has 0 aliphatic rings. The molecule has 13 heavy (non-hydrogen) atoms. The maximum atomic E-state index is 5.63. The Morgan fingerprint density at radius 1 is 1.38 bits per heavy atom. The zero-order chi connectivity index (χ0) is 9.26. The number of nitrogen functional groups attached to an aromatic ring is 1. The molecule has 0 fully saturated rings. The SMILES string of the molecule is Cc1nnnn1-c1cccc(N)c1. The third-order valence-corrected chi connectivity index (χ3v) is 1.74. The number of nitrogens with two attached hydrogens (primary N) is 1. The van der Waals surface area contributed by atoms with Gasteiger partial charge < -0.3 is 5.73 Å². The summed E-state index contributed by atoms with van der Waals surface area (Å²) >= 11 is 0. The number of hydrogen-bond donors (Lipinski definition) is 1. The highest BCUT2D eigenvalue weighted by Gasteiger charge is 2.02. The van der Waals surface area contributed by atoms with Crippen molar-refractivity contribution in [2.45, 2.75) is 6.92 Å². The average Bonchev–Trinajstić information content (AvgIpc) is 2.51. The number of hydrogen-bond acceptors (Lipinski definition) is 4. The first-order valence-electron chi connectivity index (χ1n) is 3.88. The van der Waals surface area contributed by atoms with Crippen molar-refractivity contribution in [1.82, 2.24) is 20.2 Å². The summed E-state index contributed by atoms with van der Waals surface area (Å²) in [6.45, 7) is 1.84. The maximum absolute atomic E-state index is 5.63. The Bertz CT molecular complexity index is 420. The van der Waals surface area contributed by atoms with Crippen LogP contribution in [-0.2, 0) is 0 Å². The Balaban J connectivity index is 2.53. The summed E-state index contributed by atoms with van der Waals surface area (Å²) < 4.78 is 1.64. The molecule has 66 valence electrons. The molecular formula is C8H9N5. The fraction of sp³-hybridized carbons (Fsp3) is 0.125. The van der Waals surface area contributed by atoms with E-state index in [0.717, 1.165) is 11.5 Å². The second-order valence-corrected chi connectivity index (χ2v) is 2.73. The number of anilines is 1. The van der Waals surface area contributed by atoms with Gasteiger partial charge in [-0.25, -0.2) is 0 Å². The normalized spacial score (nSPS) is 10.2. The van der Waals surface area contributed by atoms with Gasteiger partial charge in [0.25, 0.3) is 0 Å². The zero-order valence-corrected chi connectivity index (χ0v) is 7.18. The van der Waals surface area contributed by atoms with Crippen molar-refractivity contribution in [3.8, 4) is 5.69 Å². The second kappa shape index (κ2) is 2.85. The lowest BCUT2D eigenvalue weighted by atomic mass is 10.3. The lowest BCUT2D eigenvalue weighted by Gasteiger charge is -2.01. The van der Waals surface area contributed by atoms with Crippen LogP contribution in [0.3, 0.4) is 0 Å². The smallest absolute Gasteiger partial charge is 0.153 e. The summed E-state index contributed by atoms with van der Waals surface area (Å²) in [4.78, 5) is 0. The van der Waals surface area contributed by atoms with Crippen molar-refractivity contribution in [1.29, 1.82) is 0 Å². The van der Waals surface area contributed by atoms with Gasteiger partial charge in [0.2, 0.25) is 0 Å². The van der Waals surface area contributed by atoms with Gasteiger partial charge in [-0.05, 0) is 35.5 Å². The van der Waals surface area contributed by atoms with Crippen molar-refractivity contribution in [2.75, 3.05) is 5.73 Å². The summed E-state index contributed by atoms with van der Waals surface area (Å²) in [6, 6.07) is 7.41. The molecule has 0 aliphatic carbocycles. The van der Waals surface area contributed by atoms with Gasteiger partial charge in [-0.2, -0.15) is 4.68 Å². The minimum Gasteiger partial charge on any atom is -0.399 e. The molecule has 5 heteroatoms. The predicted molar refractivity (Wildman–Crippen MR) is 48.3 cm³/mol. The van der Waals surface area contributed by atoms with Crippen molar-refractivity contribution >= 4 is 5.69 Å². The van der Waals surface area contributed by atoms with Crippen LogP contribution in [0.25, 0.3) is 5.69 Å². The lowest BCUT2D eigenvalue weighted by molar-refractivity contribution is 0.780. The van der Waals surface area contributed by atoms with Crippen LogP contribution in [0, 0.1) is 6.92 Å². The number of benzene rings is 1. The van der Waals surface area contributed by atoms with Crippen LogP contribution in [0.5, 0.6) is 0 Å².